The topological polar surface area (TPSA) is 40.7 Å². The Labute approximate surface area is 149 Å². The van der Waals surface area contributed by atoms with Gasteiger partial charge in [0, 0.05) is 42.5 Å². The highest BCUT2D eigenvalue weighted by Gasteiger charge is 2.06. The average molecular weight is 349 g/mol. The smallest absolute Gasteiger partial charge is 0.137 e. The van der Waals surface area contributed by atoms with E-state index >= 15 is 0 Å². The van der Waals surface area contributed by atoms with Crippen molar-refractivity contribution in [1.82, 2.24) is 15.3 Å². The van der Waals surface area contributed by atoms with Crippen LogP contribution in [0.15, 0.2) is 67.0 Å². The van der Waals surface area contributed by atoms with Crippen molar-refractivity contribution in [2.24, 2.45) is 0 Å². The van der Waals surface area contributed by atoms with Gasteiger partial charge < -0.3 is 10.3 Å². The molecule has 0 saturated carbocycles. The number of hydrogen-bond donors (Lipinski definition) is 2. The molecule has 5 heteroatoms. The highest BCUT2D eigenvalue weighted by atomic mass is 19.1. The molecule has 26 heavy (non-hydrogen) atoms. The third-order valence-corrected chi connectivity index (χ3v) is 4.38. The maximum Gasteiger partial charge on any atom is 0.137 e. The minimum atomic E-state index is -0.561. The molecule has 0 fully saturated rings. The maximum absolute atomic E-state index is 13.6. The zero-order valence-corrected chi connectivity index (χ0v) is 14.0. The van der Waals surface area contributed by atoms with Gasteiger partial charge >= 0.3 is 0 Å². The fourth-order valence-electron chi connectivity index (χ4n) is 3.02. The van der Waals surface area contributed by atoms with E-state index in [9.17, 15) is 8.78 Å². The Kier molecular flexibility index (Phi) is 4.46. The van der Waals surface area contributed by atoms with Crippen LogP contribution in [-0.2, 0) is 13.1 Å². The molecule has 2 aromatic heterocycles. The summed E-state index contributed by atoms with van der Waals surface area (Å²) in [5.41, 5.74) is 4.66. The summed E-state index contributed by atoms with van der Waals surface area (Å²) in [6.07, 6.45) is 3.68. The first-order chi connectivity index (χ1) is 12.7. The lowest BCUT2D eigenvalue weighted by molar-refractivity contribution is 0.560. The lowest BCUT2D eigenvalue weighted by atomic mass is 10.0. The van der Waals surface area contributed by atoms with Crippen LogP contribution in [0.2, 0.25) is 0 Å². The van der Waals surface area contributed by atoms with Crippen LogP contribution < -0.4 is 5.32 Å². The largest absolute Gasteiger partial charge is 0.346 e. The van der Waals surface area contributed by atoms with Gasteiger partial charge in [-0.3, -0.25) is 0 Å². The molecule has 2 N–H and O–H groups in total. The number of nitrogens with zero attached hydrogens (tertiary/aromatic N) is 1. The molecule has 0 aliphatic carbocycles. The van der Waals surface area contributed by atoms with Crippen molar-refractivity contribution in [3.63, 3.8) is 0 Å². The summed E-state index contributed by atoms with van der Waals surface area (Å²) in [4.78, 5) is 7.42. The van der Waals surface area contributed by atoms with E-state index in [2.05, 4.69) is 27.4 Å². The van der Waals surface area contributed by atoms with Crippen LogP contribution in [0.4, 0.5) is 8.78 Å². The summed E-state index contributed by atoms with van der Waals surface area (Å²) in [6.45, 7) is 0.954. The van der Waals surface area contributed by atoms with Crippen LogP contribution in [0.5, 0.6) is 0 Å². The van der Waals surface area contributed by atoms with E-state index in [4.69, 9.17) is 0 Å². The summed E-state index contributed by atoms with van der Waals surface area (Å²) < 4.78 is 26.6. The molecule has 4 aromatic rings. The van der Waals surface area contributed by atoms with Crippen molar-refractivity contribution >= 4 is 11.0 Å². The molecule has 0 spiro atoms. The standard InChI is InChI=1S/C21H17F2N3/c22-17-6-5-16(20(23)11-17)13-24-12-14-1-3-15(4-2-14)18-7-9-25-21-19(18)8-10-26-21/h1-11,24H,12-13H2,(H,25,26). The highest BCUT2D eigenvalue weighted by Crippen LogP contribution is 2.27. The summed E-state index contributed by atoms with van der Waals surface area (Å²) in [5.74, 6) is -1.09. The average Bonchev–Trinajstić information content (AvgIpc) is 3.13. The monoisotopic (exact) mass is 349 g/mol. The summed E-state index contributed by atoms with van der Waals surface area (Å²) in [5, 5.41) is 4.27. The van der Waals surface area contributed by atoms with Crippen LogP contribution in [-0.4, -0.2) is 9.97 Å². The number of nitrogens with one attached hydrogen (secondary N) is 2. The van der Waals surface area contributed by atoms with E-state index < -0.39 is 11.6 Å². The number of halogens is 2. The number of pyridine rings is 1. The van der Waals surface area contributed by atoms with Crippen LogP contribution in [0.1, 0.15) is 11.1 Å². The number of hydrogen-bond acceptors (Lipinski definition) is 2. The third-order valence-electron chi connectivity index (χ3n) is 4.38. The van der Waals surface area contributed by atoms with Gasteiger partial charge in [-0.25, -0.2) is 13.8 Å². The number of benzene rings is 2. The van der Waals surface area contributed by atoms with Gasteiger partial charge in [0.25, 0.3) is 0 Å². The van der Waals surface area contributed by atoms with Crippen molar-refractivity contribution in [3.05, 3.63) is 89.8 Å². The molecule has 130 valence electrons. The van der Waals surface area contributed by atoms with Crippen molar-refractivity contribution < 1.29 is 8.78 Å². The molecule has 3 nitrogen and oxygen atoms in total. The molecule has 0 radical (unpaired) electrons. The number of H-pyrrole nitrogens is 1. The molecule has 4 rings (SSSR count). The number of fused-ring (bicyclic) bond motifs is 1. The molecule has 2 heterocycles. The van der Waals surface area contributed by atoms with Crippen molar-refractivity contribution in [2.75, 3.05) is 0 Å². The summed E-state index contributed by atoms with van der Waals surface area (Å²) >= 11 is 0. The van der Waals surface area contributed by atoms with Gasteiger partial charge in [0.15, 0.2) is 0 Å². The Balaban J connectivity index is 1.44. The van der Waals surface area contributed by atoms with Crippen LogP contribution in [0.25, 0.3) is 22.2 Å². The second kappa shape index (κ2) is 7.06. The zero-order chi connectivity index (χ0) is 17.9. The van der Waals surface area contributed by atoms with Gasteiger partial charge in [0.05, 0.1) is 0 Å². The van der Waals surface area contributed by atoms with Crippen molar-refractivity contribution in [2.45, 2.75) is 13.1 Å². The van der Waals surface area contributed by atoms with Gasteiger partial charge in [-0.15, -0.1) is 0 Å². The first kappa shape index (κ1) is 16.4. The lowest BCUT2D eigenvalue weighted by Crippen LogP contribution is -2.13. The fraction of sp³-hybridized carbons (Fsp3) is 0.0952. The molecule has 2 aromatic carbocycles. The van der Waals surface area contributed by atoms with E-state index in [-0.39, 0.29) is 0 Å². The molecule has 0 amide bonds. The zero-order valence-electron chi connectivity index (χ0n) is 14.0. The minimum Gasteiger partial charge on any atom is -0.346 e. The Morgan fingerprint density at radius 3 is 2.58 bits per heavy atom. The second-order valence-corrected chi connectivity index (χ2v) is 6.13. The molecule has 0 aliphatic rings. The van der Waals surface area contributed by atoms with Crippen molar-refractivity contribution in [1.29, 1.82) is 0 Å². The Morgan fingerprint density at radius 1 is 0.923 bits per heavy atom. The molecular weight excluding hydrogens is 332 g/mol. The predicted octanol–water partition coefficient (Wildman–Crippen LogP) is 4.80. The minimum absolute atomic E-state index is 0.349. The lowest BCUT2D eigenvalue weighted by Gasteiger charge is -2.08. The quantitative estimate of drug-likeness (QED) is 0.543. The first-order valence-electron chi connectivity index (χ1n) is 8.37. The van der Waals surface area contributed by atoms with Gasteiger partial charge in [0.1, 0.15) is 17.3 Å². The van der Waals surface area contributed by atoms with Crippen LogP contribution in [0, 0.1) is 11.6 Å². The number of aromatic nitrogens is 2. The van der Waals surface area contributed by atoms with E-state index in [0.29, 0.717) is 18.7 Å². The molecule has 0 bridgehead atoms. The molecule has 0 saturated heterocycles. The predicted molar refractivity (Wildman–Crippen MR) is 98.4 cm³/mol. The summed E-state index contributed by atoms with van der Waals surface area (Å²) in [6, 6.07) is 15.9. The summed E-state index contributed by atoms with van der Waals surface area (Å²) in [7, 11) is 0. The van der Waals surface area contributed by atoms with Crippen molar-refractivity contribution in [3.8, 4) is 11.1 Å². The molecule has 0 atom stereocenters. The maximum atomic E-state index is 13.6. The third kappa shape index (κ3) is 3.34. The SMILES string of the molecule is Fc1ccc(CNCc2ccc(-c3ccnc4[nH]ccc34)cc2)c(F)c1. The first-order valence-corrected chi connectivity index (χ1v) is 8.37. The molecule has 0 unspecified atom stereocenters. The van der Waals surface area contributed by atoms with E-state index in [1.807, 2.05) is 30.5 Å². The second-order valence-electron chi connectivity index (χ2n) is 6.13. The normalized spacial score (nSPS) is 11.2. The highest BCUT2D eigenvalue weighted by molar-refractivity contribution is 5.92. The Hall–Kier alpha value is -3.05. The van der Waals surface area contributed by atoms with Gasteiger partial charge in [-0.05, 0) is 34.9 Å². The van der Waals surface area contributed by atoms with E-state index in [0.717, 1.165) is 33.8 Å². The molecule has 0 aliphatic heterocycles. The number of rotatable bonds is 5. The van der Waals surface area contributed by atoms with Crippen LogP contribution >= 0.6 is 0 Å². The van der Waals surface area contributed by atoms with Gasteiger partial charge in [0.2, 0.25) is 0 Å². The Morgan fingerprint density at radius 2 is 1.77 bits per heavy atom. The molecular formula is C21H17F2N3. The van der Waals surface area contributed by atoms with Crippen LogP contribution in [0.3, 0.4) is 0 Å². The van der Waals surface area contributed by atoms with Gasteiger partial charge in [-0.1, -0.05) is 30.3 Å². The number of aromatic amines is 1. The fourth-order valence-corrected chi connectivity index (χ4v) is 3.02. The van der Waals surface area contributed by atoms with E-state index in [1.54, 1.807) is 6.20 Å². The van der Waals surface area contributed by atoms with Gasteiger partial charge in [-0.2, -0.15) is 0 Å². The van der Waals surface area contributed by atoms with E-state index in [1.165, 1.54) is 12.1 Å². The Bertz CT molecular complexity index is 1040.